The minimum atomic E-state index is -0.653. The van der Waals surface area contributed by atoms with E-state index < -0.39 is 29.7 Å². The van der Waals surface area contributed by atoms with Crippen LogP contribution in [0.1, 0.15) is 40.0 Å². The molecule has 0 spiro atoms. The Morgan fingerprint density at radius 1 is 1.19 bits per heavy atom. The summed E-state index contributed by atoms with van der Waals surface area (Å²) in [7, 11) is 0. The van der Waals surface area contributed by atoms with E-state index in [1.807, 2.05) is 0 Å². The molecule has 10 nitrogen and oxygen atoms in total. The highest BCUT2D eigenvalue weighted by atomic mass is 16.7. The first-order chi connectivity index (χ1) is 12.2. The predicted octanol–water partition coefficient (Wildman–Crippen LogP) is 0.701. The van der Waals surface area contributed by atoms with Gasteiger partial charge in [-0.1, -0.05) is 0 Å². The molecular weight excluding hydrogens is 344 g/mol. The van der Waals surface area contributed by atoms with Gasteiger partial charge in [-0.15, -0.1) is 0 Å². The van der Waals surface area contributed by atoms with Crippen molar-refractivity contribution < 1.29 is 29.2 Å². The van der Waals surface area contributed by atoms with Gasteiger partial charge in [0.25, 0.3) is 5.91 Å². The highest BCUT2D eigenvalue weighted by Crippen LogP contribution is 2.28. The van der Waals surface area contributed by atoms with Crippen LogP contribution in [0.2, 0.25) is 0 Å². The molecule has 3 rings (SSSR count). The molecule has 3 aliphatic rings. The Labute approximate surface area is 151 Å². The number of rotatable bonds is 3. The van der Waals surface area contributed by atoms with Crippen molar-refractivity contribution in [3.8, 4) is 0 Å². The number of carbonyl (C=O) groups excluding carboxylic acids is 3. The lowest BCUT2D eigenvalue weighted by Gasteiger charge is -2.29. The Balaban J connectivity index is 1.46. The molecule has 10 heteroatoms. The first kappa shape index (κ1) is 18.7. The lowest BCUT2D eigenvalue weighted by Crippen LogP contribution is -2.50. The number of hydrogen-bond acceptors (Lipinski definition) is 6. The fourth-order valence-electron chi connectivity index (χ4n) is 3.45. The number of amides is 4. The molecule has 0 aromatic heterocycles. The van der Waals surface area contributed by atoms with Gasteiger partial charge in [0.05, 0.1) is 12.6 Å². The third kappa shape index (κ3) is 3.85. The Morgan fingerprint density at radius 3 is 2.62 bits per heavy atom. The van der Waals surface area contributed by atoms with E-state index in [4.69, 9.17) is 9.57 Å². The number of hydrogen-bond donors (Lipinski definition) is 2. The quantitative estimate of drug-likeness (QED) is 0.559. The summed E-state index contributed by atoms with van der Waals surface area (Å²) in [6, 6.07) is -1.45. The van der Waals surface area contributed by atoms with Crippen LogP contribution in [-0.4, -0.2) is 81.5 Å². The number of nitrogens with zero attached hydrogens (tertiary/aromatic N) is 3. The number of urea groups is 1. The minimum Gasteiger partial charge on any atom is -0.444 e. The molecule has 3 fully saturated rings. The van der Waals surface area contributed by atoms with Crippen LogP contribution < -0.4 is 5.48 Å². The summed E-state index contributed by atoms with van der Waals surface area (Å²) in [5.41, 5.74) is 1.84. The number of hydroxylamine groups is 3. The zero-order valence-corrected chi connectivity index (χ0v) is 15.3. The van der Waals surface area contributed by atoms with Crippen molar-refractivity contribution in [3.05, 3.63) is 0 Å². The Hall–Kier alpha value is -2.07. The van der Waals surface area contributed by atoms with Crippen molar-refractivity contribution >= 4 is 18.0 Å². The van der Waals surface area contributed by atoms with Crippen LogP contribution in [0.3, 0.4) is 0 Å². The van der Waals surface area contributed by atoms with Crippen molar-refractivity contribution in [2.45, 2.75) is 63.8 Å². The molecule has 2 bridgehead atoms. The van der Waals surface area contributed by atoms with Gasteiger partial charge < -0.3 is 14.5 Å². The molecule has 2 N–H and O–H groups in total. The van der Waals surface area contributed by atoms with Crippen LogP contribution in [0.15, 0.2) is 0 Å². The van der Waals surface area contributed by atoms with Gasteiger partial charge in [-0.05, 0) is 40.0 Å². The van der Waals surface area contributed by atoms with Crippen molar-refractivity contribution in [1.29, 1.82) is 0 Å². The highest BCUT2D eigenvalue weighted by molar-refractivity contribution is 5.87. The summed E-state index contributed by atoms with van der Waals surface area (Å²) < 4.78 is 5.32. The molecular formula is C16H26N4O6. The van der Waals surface area contributed by atoms with Crippen molar-refractivity contribution in [1.82, 2.24) is 20.3 Å². The molecule has 3 heterocycles. The second kappa shape index (κ2) is 6.92. The first-order valence-corrected chi connectivity index (χ1v) is 8.88. The SMILES string of the molecule is CC(C)(C)OC(=O)N1CC[C@@H](ONC(=O)[C@@H]2CC[C@@H]3CN2C(=O)N3O)C1. The van der Waals surface area contributed by atoms with Gasteiger partial charge in [-0.2, -0.15) is 0 Å². The predicted molar refractivity (Wildman–Crippen MR) is 88.0 cm³/mol. The molecule has 3 saturated heterocycles. The number of ether oxygens (including phenoxy) is 1. The smallest absolute Gasteiger partial charge is 0.410 e. The Bertz CT molecular complexity index is 592. The first-order valence-electron chi connectivity index (χ1n) is 8.88. The monoisotopic (exact) mass is 370 g/mol. The third-order valence-electron chi connectivity index (χ3n) is 4.77. The van der Waals surface area contributed by atoms with Crippen LogP contribution in [0.25, 0.3) is 0 Å². The van der Waals surface area contributed by atoms with Gasteiger partial charge in [0.15, 0.2) is 0 Å². The van der Waals surface area contributed by atoms with Crippen molar-refractivity contribution in [2.75, 3.05) is 19.6 Å². The Kier molecular flexibility index (Phi) is 4.98. The molecule has 0 aromatic carbocycles. The molecule has 146 valence electrons. The number of carbonyl (C=O) groups is 3. The number of likely N-dealkylation sites (tertiary alicyclic amines) is 1. The van der Waals surface area contributed by atoms with Gasteiger partial charge in [-0.25, -0.2) is 20.1 Å². The fourth-order valence-corrected chi connectivity index (χ4v) is 3.45. The van der Waals surface area contributed by atoms with E-state index in [0.29, 0.717) is 44.0 Å². The van der Waals surface area contributed by atoms with E-state index in [9.17, 15) is 19.6 Å². The van der Waals surface area contributed by atoms with Gasteiger partial charge in [0, 0.05) is 13.1 Å². The maximum atomic E-state index is 12.4. The summed E-state index contributed by atoms with van der Waals surface area (Å²) in [6.07, 6.45) is 0.883. The average Bonchev–Trinajstić information content (AvgIpc) is 3.12. The van der Waals surface area contributed by atoms with E-state index in [0.717, 1.165) is 0 Å². The number of nitrogens with one attached hydrogen (secondary N) is 1. The van der Waals surface area contributed by atoms with Gasteiger partial charge >= 0.3 is 12.1 Å². The highest BCUT2D eigenvalue weighted by Gasteiger charge is 2.47. The van der Waals surface area contributed by atoms with Crippen LogP contribution in [0.5, 0.6) is 0 Å². The summed E-state index contributed by atoms with van der Waals surface area (Å²) >= 11 is 0. The number of fused-ring (bicyclic) bond motifs is 2. The molecule has 4 amide bonds. The van der Waals surface area contributed by atoms with Crippen LogP contribution >= 0.6 is 0 Å². The normalized spacial score (nSPS) is 28.5. The van der Waals surface area contributed by atoms with Gasteiger partial charge in [0.2, 0.25) is 0 Å². The summed E-state index contributed by atoms with van der Waals surface area (Å²) in [4.78, 5) is 44.6. The standard InChI is InChI=1S/C16H26N4O6/c1-16(2,3)25-15(23)18-7-6-11(9-18)26-17-13(21)12-5-4-10-8-19(12)14(22)20(10)24/h10-12,24H,4-9H2,1-3H3,(H,17,21)/t10-,11-,12+/m1/s1. The second-order valence-corrected chi connectivity index (χ2v) is 7.95. The summed E-state index contributed by atoms with van der Waals surface area (Å²) in [5.74, 6) is -0.414. The van der Waals surface area contributed by atoms with Crippen molar-refractivity contribution in [2.24, 2.45) is 0 Å². The molecule has 26 heavy (non-hydrogen) atoms. The van der Waals surface area contributed by atoms with E-state index in [1.165, 1.54) is 4.90 Å². The van der Waals surface area contributed by atoms with Crippen LogP contribution in [0.4, 0.5) is 9.59 Å². The largest absolute Gasteiger partial charge is 0.444 e. The van der Waals surface area contributed by atoms with E-state index in [2.05, 4.69) is 5.48 Å². The van der Waals surface area contributed by atoms with Crippen LogP contribution in [0, 0.1) is 0 Å². The van der Waals surface area contributed by atoms with Crippen LogP contribution in [-0.2, 0) is 14.4 Å². The third-order valence-corrected chi connectivity index (χ3v) is 4.77. The molecule has 0 aliphatic carbocycles. The fraction of sp³-hybridized carbons (Fsp3) is 0.812. The van der Waals surface area contributed by atoms with Gasteiger partial charge in [0.1, 0.15) is 17.7 Å². The summed E-state index contributed by atoms with van der Waals surface area (Å²) in [5, 5.41) is 10.4. The molecule has 3 aliphatic heterocycles. The lowest BCUT2D eigenvalue weighted by atomic mass is 10.0. The van der Waals surface area contributed by atoms with E-state index in [1.54, 1.807) is 25.7 Å². The molecule has 0 unspecified atom stereocenters. The zero-order chi connectivity index (χ0) is 19.1. The average molecular weight is 370 g/mol. The Morgan fingerprint density at radius 2 is 1.92 bits per heavy atom. The topological polar surface area (TPSA) is 112 Å². The zero-order valence-electron chi connectivity index (χ0n) is 15.3. The number of piperidine rings is 1. The minimum absolute atomic E-state index is 0.246. The second-order valence-electron chi connectivity index (χ2n) is 7.95. The maximum absolute atomic E-state index is 12.4. The van der Waals surface area contributed by atoms with E-state index >= 15 is 0 Å². The lowest BCUT2D eigenvalue weighted by molar-refractivity contribution is -0.143. The van der Waals surface area contributed by atoms with E-state index in [-0.39, 0.29) is 12.1 Å². The molecule has 0 aromatic rings. The van der Waals surface area contributed by atoms with Gasteiger partial charge in [-0.3, -0.25) is 14.8 Å². The maximum Gasteiger partial charge on any atom is 0.410 e. The molecule has 0 radical (unpaired) electrons. The van der Waals surface area contributed by atoms with Crippen molar-refractivity contribution in [3.63, 3.8) is 0 Å². The molecule has 3 atom stereocenters. The summed E-state index contributed by atoms with van der Waals surface area (Å²) in [6.45, 7) is 6.56. The molecule has 0 saturated carbocycles.